The van der Waals surface area contributed by atoms with Crippen molar-refractivity contribution < 1.29 is 0 Å². The molecular formula is C16H19N3S. The number of fused-ring (bicyclic) bond motifs is 1. The van der Waals surface area contributed by atoms with Gasteiger partial charge in [0.15, 0.2) is 5.11 Å². The van der Waals surface area contributed by atoms with Crippen molar-refractivity contribution in [3.05, 3.63) is 53.9 Å². The van der Waals surface area contributed by atoms with Crippen LogP contribution in [0.3, 0.4) is 0 Å². The topological polar surface area (TPSA) is 20.2 Å². The molecule has 3 nitrogen and oxygen atoms in total. The van der Waals surface area contributed by atoms with Crippen molar-refractivity contribution >= 4 is 23.0 Å². The Balaban J connectivity index is 1.73. The molecule has 20 heavy (non-hydrogen) atoms. The van der Waals surface area contributed by atoms with Gasteiger partial charge in [0.25, 0.3) is 0 Å². The number of thiocarbonyl (C=S) groups is 1. The minimum Gasteiger partial charge on any atom is -0.348 e. The largest absolute Gasteiger partial charge is 0.348 e. The molecule has 4 heteroatoms. The van der Waals surface area contributed by atoms with Gasteiger partial charge in [-0.2, -0.15) is 0 Å². The molecule has 0 spiro atoms. The molecule has 104 valence electrons. The fourth-order valence-electron chi connectivity index (χ4n) is 2.69. The minimum absolute atomic E-state index is 0.309. The maximum atomic E-state index is 5.57. The maximum Gasteiger partial charge on any atom is 0.174 e. The highest BCUT2D eigenvalue weighted by molar-refractivity contribution is 7.80. The van der Waals surface area contributed by atoms with Crippen LogP contribution in [0.15, 0.2) is 42.6 Å². The zero-order valence-electron chi connectivity index (χ0n) is 11.8. The monoisotopic (exact) mass is 285 g/mol. The lowest BCUT2D eigenvalue weighted by Crippen LogP contribution is -2.42. The second-order valence-electron chi connectivity index (χ2n) is 5.29. The van der Waals surface area contributed by atoms with Crippen LogP contribution in [0.1, 0.15) is 24.2 Å². The second-order valence-corrected chi connectivity index (χ2v) is 5.68. The lowest BCUT2D eigenvalue weighted by atomic mass is 10.1. The van der Waals surface area contributed by atoms with Crippen molar-refractivity contribution in [2.45, 2.75) is 26.4 Å². The lowest BCUT2D eigenvalue weighted by molar-refractivity contribution is 0.276. The van der Waals surface area contributed by atoms with Crippen molar-refractivity contribution in [1.82, 2.24) is 9.47 Å². The Bertz CT molecular complexity index is 615. The molecule has 1 aromatic carbocycles. The average Bonchev–Trinajstić information content (AvgIpc) is 2.91. The SMILES string of the molecule is Cc1ccc(NC(=S)N2CCn3cccc3[C@H]2C)cc1. The molecule has 2 aromatic rings. The number of nitrogens with one attached hydrogen (secondary N) is 1. The molecule has 1 aliphatic heterocycles. The number of benzene rings is 1. The number of aryl methyl sites for hydroxylation is 1. The summed E-state index contributed by atoms with van der Waals surface area (Å²) in [4.78, 5) is 2.25. The Morgan fingerprint density at radius 1 is 1.20 bits per heavy atom. The van der Waals surface area contributed by atoms with Gasteiger partial charge in [0, 0.05) is 30.7 Å². The lowest BCUT2D eigenvalue weighted by Gasteiger charge is -2.36. The van der Waals surface area contributed by atoms with E-state index in [0.717, 1.165) is 23.9 Å². The van der Waals surface area contributed by atoms with E-state index in [4.69, 9.17) is 12.2 Å². The molecular weight excluding hydrogens is 266 g/mol. The van der Waals surface area contributed by atoms with Crippen LogP contribution in [0, 0.1) is 6.92 Å². The first-order valence-corrected chi connectivity index (χ1v) is 7.35. The normalized spacial score (nSPS) is 17.7. The van der Waals surface area contributed by atoms with E-state index in [1.54, 1.807) is 0 Å². The van der Waals surface area contributed by atoms with E-state index >= 15 is 0 Å². The third kappa shape index (κ3) is 2.43. The van der Waals surface area contributed by atoms with Crippen LogP contribution in [0.2, 0.25) is 0 Å². The predicted octanol–water partition coefficient (Wildman–Crippen LogP) is 3.57. The molecule has 0 unspecified atom stereocenters. The van der Waals surface area contributed by atoms with Crippen molar-refractivity contribution in [1.29, 1.82) is 0 Å². The van der Waals surface area contributed by atoms with Gasteiger partial charge in [-0.05, 0) is 50.3 Å². The molecule has 3 rings (SSSR count). The summed E-state index contributed by atoms with van der Waals surface area (Å²) >= 11 is 5.57. The van der Waals surface area contributed by atoms with Gasteiger partial charge in [-0.25, -0.2) is 0 Å². The Hall–Kier alpha value is -1.81. The van der Waals surface area contributed by atoms with E-state index in [-0.39, 0.29) is 0 Å². The molecule has 0 bridgehead atoms. The first-order valence-electron chi connectivity index (χ1n) is 6.94. The summed E-state index contributed by atoms with van der Waals surface area (Å²) in [6.07, 6.45) is 2.14. The molecule has 0 amide bonds. The average molecular weight is 285 g/mol. The second kappa shape index (κ2) is 5.29. The van der Waals surface area contributed by atoms with Gasteiger partial charge < -0.3 is 14.8 Å². The Kier molecular flexibility index (Phi) is 3.49. The van der Waals surface area contributed by atoms with Gasteiger partial charge in [-0.3, -0.25) is 0 Å². The summed E-state index contributed by atoms with van der Waals surface area (Å²) in [5.41, 5.74) is 3.63. The molecule has 1 atom stereocenters. The number of hydrogen-bond donors (Lipinski definition) is 1. The summed E-state index contributed by atoms with van der Waals surface area (Å²) in [5, 5.41) is 4.14. The molecule has 0 radical (unpaired) electrons. The Labute approximate surface area is 125 Å². The number of aromatic nitrogens is 1. The smallest absolute Gasteiger partial charge is 0.174 e. The van der Waals surface area contributed by atoms with Crippen molar-refractivity contribution in [3.63, 3.8) is 0 Å². The summed E-state index contributed by atoms with van der Waals surface area (Å²) in [6, 6.07) is 12.9. The van der Waals surface area contributed by atoms with E-state index in [9.17, 15) is 0 Å². The van der Waals surface area contributed by atoms with E-state index in [1.807, 2.05) is 0 Å². The molecule has 1 N–H and O–H groups in total. The van der Waals surface area contributed by atoms with Crippen LogP contribution in [-0.2, 0) is 6.54 Å². The van der Waals surface area contributed by atoms with Crippen LogP contribution in [0.25, 0.3) is 0 Å². The fourth-order valence-corrected chi connectivity index (χ4v) is 3.06. The summed E-state index contributed by atoms with van der Waals surface area (Å²) in [7, 11) is 0. The van der Waals surface area contributed by atoms with E-state index in [0.29, 0.717) is 6.04 Å². The predicted molar refractivity (Wildman–Crippen MR) is 87.0 cm³/mol. The van der Waals surface area contributed by atoms with Crippen LogP contribution < -0.4 is 5.32 Å². The third-order valence-electron chi connectivity index (χ3n) is 3.91. The minimum atomic E-state index is 0.309. The Morgan fingerprint density at radius 3 is 2.70 bits per heavy atom. The van der Waals surface area contributed by atoms with Gasteiger partial charge in [0.1, 0.15) is 0 Å². The standard InChI is InChI=1S/C16H19N3S/c1-12-5-7-14(8-6-12)17-16(20)19-11-10-18-9-3-4-15(18)13(19)2/h3-9,13H,10-11H2,1-2H3,(H,17,20)/t13-/m1/s1. The highest BCUT2D eigenvalue weighted by Crippen LogP contribution is 2.26. The van der Waals surface area contributed by atoms with Crippen LogP contribution in [0.4, 0.5) is 5.69 Å². The zero-order valence-corrected chi connectivity index (χ0v) is 12.7. The fraction of sp³-hybridized carbons (Fsp3) is 0.312. The van der Waals surface area contributed by atoms with Crippen LogP contribution >= 0.6 is 12.2 Å². The van der Waals surface area contributed by atoms with Crippen molar-refractivity contribution in [2.75, 3.05) is 11.9 Å². The molecule has 1 aliphatic rings. The Morgan fingerprint density at radius 2 is 1.95 bits per heavy atom. The van der Waals surface area contributed by atoms with Crippen molar-refractivity contribution in [2.24, 2.45) is 0 Å². The van der Waals surface area contributed by atoms with Gasteiger partial charge >= 0.3 is 0 Å². The van der Waals surface area contributed by atoms with E-state index in [2.05, 4.69) is 71.2 Å². The molecule has 2 heterocycles. The zero-order chi connectivity index (χ0) is 14.1. The van der Waals surface area contributed by atoms with E-state index < -0.39 is 0 Å². The number of nitrogens with zero attached hydrogens (tertiary/aromatic N) is 2. The highest BCUT2D eigenvalue weighted by atomic mass is 32.1. The highest BCUT2D eigenvalue weighted by Gasteiger charge is 2.25. The van der Waals surface area contributed by atoms with Crippen molar-refractivity contribution in [3.8, 4) is 0 Å². The summed E-state index contributed by atoms with van der Waals surface area (Å²) < 4.78 is 2.30. The number of hydrogen-bond acceptors (Lipinski definition) is 1. The van der Waals surface area contributed by atoms with E-state index in [1.165, 1.54) is 11.3 Å². The van der Waals surface area contributed by atoms with Crippen LogP contribution in [0.5, 0.6) is 0 Å². The number of rotatable bonds is 1. The van der Waals surface area contributed by atoms with Gasteiger partial charge in [-0.1, -0.05) is 17.7 Å². The van der Waals surface area contributed by atoms with Gasteiger partial charge in [0.05, 0.1) is 6.04 Å². The summed E-state index contributed by atoms with van der Waals surface area (Å²) in [6.45, 7) is 6.22. The molecule has 0 fully saturated rings. The first-order chi connectivity index (χ1) is 9.65. The summed E-state index contributed by atoms with van der Waals surface area (Å²) in [5.74, 6) is 0. The quantitative estimate of drug-likeness (QED) is 0.809. The molecule has 0 saturated heterocycles. The third-order valence-corrected chi connectivity index (χ3v) is 4.24. The molecule has 0 aliphatic carbocycles. The molecule has 0 saturated carbocycles. The van der Waals surface area contributed by atoms with Crippen LogP contribution in [-0.4, -0.2) is 21.1 Å². The van der Waals surface area contributed by atoms with Gasteiger partial charge in [0.2, 0.25) is 0 Å². The first kappa shape index (κ1) is 13.2. The van der Waals surface area contributed by atoms with Gasteiger partial charge in [-0.15, -0.1) is 0 Å². The molecule has 1 aromatic heterocycles. The number of anilines is 1. The maximum absolute atomic E-state index is 5.57.